The molecule has 2 heterocycles. The third kappa shape index (κ3) is 2.75. The third-order valence-electron chi connectivity index (χ3n) is 5.66. The van der Waals surface area contributed by atoms with Gasteiger partial charge in [0.25, 0.3) is 0 Å². The molecule has 2 amide bonds. The van der Waals surface area contributed by atoms with Gasteiger partial charge < -0.3 is 10.2 Å². The first-order valence-corrected chi connectivity index (χ1v) is 9.56. The first-order valence-electron chi connectivity index (χ1n) is 8.68. The number of carbonyl (C=O) groups excluding carboxylic acids is 3. The maximum Gasteiger partial charge on any atom is 0.248 e. The van der Waals surface area contributed by atoms with Crippen LogP contribution in [0.4, 0.5) is 5.13 Å². The van der Waals surface area contributed by atoms with Gasteiger partial charge in [-0.2, -0.15) is 0 Å². The molecule has 7 heteroatoms. The van der Waals surface area contributed by atoms with Crippen molar-refractivity contribution in [2.75, 3.05) is 11.9 Å². The summed E-state index contributed by atoms with van der Waals surface area (Å²) in [6.45, 7) is 0.634. The Morgan fingerprint density at radius 1 is 1.21 bits per heavy atom. The van der Waals surface area contributed by atoms with Gasteiger partial charge in [-0.3, -0.25) is 14.4 Å². The first kappa shape index (κ1) is 15.7. The number of amides is 2. The van der Waals surface area contributed by atoms with Gasteiger partial charge in [-0.1, -0.05) is 0 Å². The van der Waals surface area contributed by atoms with Crippen molar-refractivity contribution in [1.82, 2.24) is 9.88 Å². The molecule has 2 saturated carbocycles. The molecule has 4 atom stereocenters. The highest BCUT2D eigenvalue weighted by molar-refractivity contribution is 7.13. The standard InChI is InChI=1S/C17H21N3O3S/c21-14-10-3-4-11(14)9-12(8-10)16(23)20-6-1-2-13(20)15(22)19-17-18-5-7-24-17/h5,7,10-13H,1-4,6,8-9H2,(H,18,19,22)/t10-,11+,12?,13?. The van der Waals surface area contributed by atoms with Crippen molar-refractivity contribution in [2.24, 2.45) is 17.8 Å². The highest BCUT2D eigenvalue weighted by Gasteiger charge is 2.46. The molecule has 6 nitrogen and oxygen atoms in total. The molecule has 1 saturated heterocycles. The molecule has 2 bridgehead atoms. The average Bonchev–Trinajstić information content (AvgIpc) is 3.28. The zero-order valence-corrected chi connectivity index (χ0v) is 14.3. The van der Waals surface area contributed by atoms with E-state index in [1.54, 1.807) is 11.1 Å². The summed E-state index contributed by atoms with van der Waals surface area (Å²) in [6.07, 6.45) is 6.40. The maximum absolute atomic E-state index is 13.0. The summed E-state index contributed by atoms with van der Waals surface area (Å²) < 4.78 is 0. The predicted octanol–water partition coefficient (Wildman–Crippen LogP) is 2.08. The second-order valence-corrected chi connectivity index (χ2v) is 7.95. The largest absolute Gasteiger partial charge is 0.330 e. The van der Waals surface area contributed by atoms with Crippen molar-refractivity contribution in [1.29, 1.82) is 0 Å². The normalized spacial score (nSPS) is 32.2. The molecule has 3 aliphatic rings. The summed E-state index contributed by atoms with van der Waals surface area (Å²) in [5.74, 6) is 0.333. The Morgan fingerprint density at radius 3 is 2.62 bits per heavy atom. The van der Waals surface area contributed by atoms with Gasteiger partial charge in [0.05, 0.1) is 0 Å². The van der Waals surface area contributed by atoms with Crippen molar-refractivity contribution in [3.63, 3.8) is 0 Å². The van der Waals surface area contributed by atoms with Crippen molar-refractivity contribution < 1.29 is 14.4 Å². The monoisotopic (exact) mass is 347 g/mol. The van der Waals surface area contributed by atoms with Gasteiger partial charge in [0, 0.05) is 35.9 Å². The molecule has 24 heavy (non-hydrogen) atoms. The van der Waals surface area contributed by atoms with Crippen LogP contribution in [-0.4, -0.2) is 40.1 Å². The van der Waals surface area contributed by atoms with Crippen molar-refractivity contribution in [2.45, 2.75) is 44.6 Å². The number of thiazole rings is 1. The minimum absolute atomic E-state index is 0.0659. The van der Waals surface area contributed by atoms with E-state index in [2.05, 4.69) is 10.3 Å². The van der Waals surface area contributed by atoms with Gasteiger partial charge in [0.1, 0.15) is 11.8 Å². The zero-order valence-electron chi connectivity index (χ0n) is 13.4. The van der Waals surface area contributed by atoms with Crippen molar-refractivity contribution in [3.8, 4) is 0 Å². The van der Waals surface area contributed by atoms with E-state index in [0.717, 1.165) is 19.3 Å². The number of anilines is 1. The van der Waals surface area contributed by atoms with Crippen molar-refractivity contribution in [3.05, 3.63) is 11.6 Å². The number of hydrogen-bond acceptors (Lipinski definition) is 5. The van der Waals surface area contributed by atoms with Crippen LogP contribution < -0.4 is 5.32 Å². The number of carbonyl (C=O) groups is 3. The number of nitrogens with one attached hydrogen (secondary N) is 1. The van der Waals surface area contributed by atoms with E-state index in [1.165, 1.54) is 11.3 Å². The second-order valence-electron chi connectivity index (χ2n) is 7.06. The highest BCUT2D eigenvalue weighted by atomic mass is 32.1. The number of likely N-dealkylation sites (tertiary alicyclic amines) is 1. The summed E-state index contributed by atoms with van der Waals surface area (Å²) >= 11 is 1.37. The summed E-state index contributed by atoms with van der Waals surface area (Å²) in [5, 5.41) is 5.19. The Kier molecular flexibility index (Phi) is 4.12. The first-order chi connectivity index (χ1) is 11.6. The lowest BCUT2D eigenvalue weighted by molar-refractivity contribution is -0.143. The number of aromatic nitrogens is 1. The molecule has 2 aliphatic carbocycles. The topological polar surface area (TPSA) is 79.4 Å². The molecule has 4 rings (SSSR count). The van der Waals surface area contributed by atoms with Crippen LogP contribution in [0.15, 0.2) is 11.6 Å². The lowest BCUT2D eigenvalue weighted by Gasteiger charge is -2.32. The Labute approximate surface area is 144 Å². The van der Waals surface area contributed by atoms with Crippen LogP contribution >= 0.6 is 11.3 Å². The lowest BCUT2D eigenvalue weighted by atomic mass is 9.79. The summed E-state index contributed by atoms with van der Waals surface area (Å²) in [6, 6.07) is -0.406. The van der Waals surface area contributed by atoms with E-state index in [0.29, 0.717) is 36.7 Å². The molecule has 1 aliphatic heterocycles. The number of fused-ring (bicyclic) bond motifs is 2. The fraction of sp³-hybridized carbons (Fsp3) is 0.647. The molecule has 1 aromatic heterocycles. The molecule has 0 spiro atoms. The van der Waals surface area contributed by atoms with E-state index in [1.807, 2.05) is 5.38 Å². The van der Waals surface area contributed by atoms with Crippen LogP contribution in [0, 0.1) is 17.8 Å². The van der Waals surface area contributed by atoms with Crippen LogP contribution in [0.1, 0.15) is 38.5 Å². The smallest absolute Gasteiger partial charge is 0.248 e. The number of hydrogen-bond donors (Lipinski definition) is 1. The van der Waals surface area contributed by atoms with E-state index in [4.69, 9.17) is 0 Å². The zero-order chi connectivity index (χ0) is 16.7. The summed E-state index contributed by atoms with van der Waals surface area (Å²) in [7, 11) is 0. The van der Waals surface area contributed by atoms with Gasteiger partial charge in [-0.25, -0.2) is 4.98 Å². The molecular formula is C17H21N3O3S. The maximum atomic E-state index is 13.0. The van der Waals surface area contributed by atoms with Crippen molar-refractivity contribution >= 4 is 34.1 Å². The average molecular weight is 347 g/mol. The predicted molar refractivity (Wildman–Crippen MR) is 89.4 cm³/mol. The van der Waals surface area contributed by atoms with Crippen LogP contribution in [-0.2, 0) is 14.4 Å². The number of Topliss-reactive ketones (excluding diaryl/α,β-unsaturated/α-hetero) is 1. The van der Waals surface area contributed by atoms with Crippen LogP contribution in [0.2, 0.25) is 0 Å². The highest BCUT2D eigenvalue weighted by Crippen LogP contribution is 2.43. The second kappa shape index (κ2) is 6.27. The molecular weight excluding hydrogens is 326 g/mol. The Morgan fingerprint density at radius 2 is 1.96 bits per heavy atom. The summed E-state index contributed by atoms with van der Waals surface area (Å²) in [5.41, 5.74) is 0. The van der Waals surface area contributed by atoms with E-state index in [-0.39, 0.29) is 29.6 Å². The molecule has 1 N–H and O–H groups in total. The van der Waals surface area contributed by atoms with E-state index >= 15 is 0 Å². The number of nitrogens with zero attached hydrogens (tertiary/aromatic N) is 2. The molecule has 0 aromatic carbocycles. The number of ketones is 1. The van der Waals surface area contributed by atoms with Gasteiger partial charge in [0.15, 0.2) is 5.13 Å². The van der Waals surface area contributed by atoms with E-state index in [9.17, 15) is 14.4 Å². The van der Waals surface area contributed by atoms with Gasteiger partial charge in [-0.15, -0.1) is 11.3 Å². The fourth-order valence-corrected chi connectivity index (χ4v) is 5.02. The van der Waals surface area contributed by atoms with Crippen LogP contribution in [0.25, 0.3) is 0 Å². The van der Waals surface area contributed by atoms with E-state index < -0.39 is 6.04 Å². The SMILES string of the molecule is O=C(Nc1nccs1)C1CCCN1C(=O)C1C[C@H]2CC[C@@H](C1)C2=O. The number of rotatable bonds is 3. The molecule has 2 unspecified atom stereocenters. The Balaban J connectivity index is 1.43. The molecule has 1 aromatic rings. The lowest BCUT2D eigenvalue weighted by Crippen LogP contribution is -2.47. The van der Waals surface area contributed by atoms with Gasteiger partial charge >= 0.3 is 0 Å². The molecule has 128 valence electrons. The Bertz CT molecular complexity index is 644. The van der Waals surface area contributed by atoms with Gasteiger partial charge in [0.2, 0.25) is 11.8 Å². The van der Waals surface area contributed by atoms with Gasteiger partial charge in [-0.05, 0) is 38.5 Å². The van der Waals surface area contributed by atoms with Crippen LogP contribution in [0.5, 0.6) is 0 Å². The molecule has 3 fully saturated rings. The summed E-state index contributed by atoms with van der Waals surface area (Å²) in [4.78, 5) is 43.3. The Hall–Kier alpha value is -1.76. The molecule has 0 radical (unpaired) electrons. The third-order valence-corrected chi connectivity index (χ3v) is 6.35. The minimum atomic E-state index is -0.406. The quantitative estimate of drug-likeness (QED) is 0.908. The fourth-order valence-electron chi connectivity index (χ4n) is 4.48. The van der Waals surface area contributed by atoms with Crippen LogP contribution in [0.3, 0.4) is 0 Å². The minimum Gasteiger partial charge on any atom is -0.330 e.